The van der Waals surface area contributed by atoms with Crippen LogP contribution in [0.2, 0.25) is 5.02 Å². The number of ether oxygens (including phenoxy) is 1. The molecule has 0 aromatic heterocycles. The monoisotopic (exact) mass is 366 g/mol. The van der Waals surface area contributed by atoms with Gasteiger partial charge in [0.2, 0.25) is 5.91 Å². The molecule has 0 saturated carbocycles. The maximum absolute atomic E-state index is 13.4. The van der Waals surface area contributed by atoms with Crippen molar-refractivity contribution in [1.29, 1.82) is 0 Å². The first-order valence-corrected chi connectivity index (χ1v) is 9.49. The second kappa shape index (κ2) is 6.53. The molecule has 3 aliphatic rings. The number of likely N-dealkylation sites (tertiary alicyclic amines) is 1. The van der Waals surface area contributed by atoms with Gasteiger partial charge in [0.15, 0.2) is 0 Å². The molecule has 0 aliphatic carbocycles. The minimum atomic E-state index is -0.379. The topological polar surface area (TPSA) is 41.6 Å². The Morgan fingerprint density at radius 2 is 2.36 bits per heavy atom. The van der Waals surface area contributed by atoms with Gasteiger partial charge < -0.3 is 10.1 Å². The molecule has 3 heterocycles. The molecule has 4 atom stereocenters. The summed E-state index contributed by atoms with van der Waals surface area (Å²) in [6.45, 7) is 5.19. The predicted molar refractivity (Wildman–Crippen MR) is 93.8 cm³/mol. The lowest BCUT2D eigenvalue weighted by atomic mass is 9.73. The van der Waals surface area contributed by atoms with E-state index in [4.69, 9.17) is 16.3 Å². The summed E-state index contributed by atoms with van der Waals surface area (Å²) in [6, 6.07) is 4.93. The summed E-state index contributed by atoms with van der Waals surface area (Å²) in [7, 11) is 0. The number of carbonyl (C=O) groups is 1. The first-order chi connectivity index (χ1) is 12.0. The van der Waals surface area contributed by atoms with E-state index in [0.717, 1.165) is 38.0 Å². The van der Waals surface area contributed by atoms with Crippen LogP contribution in [0, 0.1) is 17.7 Å². The second-order valence-electron chi connectivity index (χ2n) is 7.61. The Hall–Kier alpha value is -1.17. The molecule has 1 aromatic carbocycles. The van der Waals surface area contributed by atoms with E-state index in [1.165, 1.54) is 6.07 Å². The van der Waals surface area contributed by atoms with Gasteiger partial charge in [-0.1, -0.05) is 24.6 Å². The molecule has 1 amide bonds. The Morgan fingerprint density at radius 1 is 1.52 bits per heavy atom. The number of amides is 1. The zero-order chi connectivity index (χ0) is 17.6. The van der Waals surface area contributed by atoms with E-state index in [2.05, 4.69) is 10.2 Å². The smallest absolute Gasteiger partial charge is 0.219 e. The largest absolute Gasteiger partial charge is 0.370 e. The Bertz CT molecular complexity index is 685. The van der Waals surface area contributed by atoms with Crippen molar-refractivity contribution in [2.24, 2.45) is 11.8 Å². The van der Waals surface area contributed by atoms with E-state index in [-0.39, 0.29) is 28.5 Å². The van der Waals surface area contributed by atoms with E-state index < -0.39 is 0 Å². The molecule has 1 aromatic rings. The van der Waals surface area contributed by atoms with Gasteiger partial charge in [0.25, 0.3) is 0 Å². The predicted octanol–water partition coefficient (Wildman–Crippen LogP) is 2.98. The summed E-state index contributed by atoms with van der Waals surface area (Å²) in [5.74, 6) is 0.578. The fourth-order valence-corrected chi connectivity index (χ4v) is 5.14. The van der Waals surface area contributed by atoms with Crippen LogP contribution in [-0.2, 0) is 16.1 Å². The number of fused-ring (bicyclic) bond motifs is 1. The molecule has 25 heavy (non-hydrogen) atoms. The van der Waals surface area contributed by atoms with Crippen molar-refractivity contribution >= 4 is 17.5 Å². The van der Waals surface area contributed by atoms with Crippen LogP contribution in [0.5, 0.6) is 0 Å². The number of carbonyl (C=O) groups excluding carboxylic acids is 1. The highest BCUT2D eigenvalue weighted by molar-refractivity contribution is 6.30. The van der Waals surface area contributed by atoms with E-state index >= 15 is 0 Å². The van der Waals surface area contributed by atoms with Gasteiger partial charge in [-0.15, -0.1) is 0 Å². The van der Waals surface area contributed by atoms with E-state index in [1.54, 1.807) is 12.1 Å². The molecule has 3 aliphatic heterocycles. The third kappa shape index (κ3) is 3.07. The number of nitrogens with one attached hydrogen (secondary N) is 1. The number of hydrogen-bond donors (Lipinski definition) is 1. The van der Waals surface area contributed by atoms with Crippen molar-refractivity contribution in [2.45, 2.75) is 44.4 Å². The van der Waals surface area contributed by atoms with Crippen LogP contribution in [-0.4, -0.2) is 42.1 Å². The van der Waals surface area contributed by atoms with Crippen molar-refractivity contribution in [1.82, 2.24) is 10.2 Å². The highest BCUT2D eigenvalue weighted by Crippen LogP contribution is 2.54. The highest BCUT2D eigenvalue weighted by atomic mass is 35.5. The summed E-state index contributed by atoms with van der Waals surface area (Å²) >= 11 is 5.91. The van der Waals surface area contributed by atoms with Crippen LogP contribution in [0.1, 0.15) is 31.7 Å². The third-order valence-corrected chi connectivity index (χ3v) is 6.39. The molecule has 3 saturated heterocycles. The first kappa shape index (κ1) is 17.3. The maximum atomic E-state index is 13.4. The maximum Gasteiger partial charge on any atom is 0.219 e. The quantitative estimate of drug-likeness (QED) is 0.871. The highest BCUT2D eigenvalue weighted by Gasteiger charge is 2.62. The van der Waals surface area contributed by atoms with Crippen molar-refractivity contribution in [3.63, 3.8) is 0 Å². The number of nitrogens with zero attached hydrogens (tertiary/aromatic N) is 1. The van der Waals surface area contributed by atoms with Crippen LogP contribution < -0.4 is 5.32 Å². The minimum absolute atomic E-state index is 0.0594. The van der Waals surface area contributed by atoms with Gasteiger partial charge in [0.1, 0.15) is 5.82 Å². The Labute approximate surface area is 152 Å². The lowest BCUT2D eigenvalue weighted by Crippen LogP contribution is -2.41. The molecule has 4 rings (SSSR count). The number of halogens is 2. The fraction of sp³-hybridized carbons (Fsp3) is 0.632. The molecule has 1 spiro atoms. The number of rotatable bonds is 5. The molecular weight excluding hydrogens is 343 g/mol. The Morgan fingerprint density at radius 3 is 3.12 bits per heavy atom. The van der Waals surface area contributed by atoms with Gasteiger partial charge in [-0.3, -0.25) is 9.69 Å². The third-order valence-electron chi connectivity index (χ3n) is 6.10. The lowest BCUT2D eigenvalue weighted by Gasteiger charge is -2.29. The van der Waals surface area contributed by atoms with E-state index in [1.807, 2.05) is 6.92 Å². The van der Waals surface area contributed by atoms with Crippen LogP contribution in [0.25, 0.3) is 0 Å². The molecule has 3 fully saturated rings. The molecule has 0 radical (unpaired) electrons. The van der Waals surface area contributed by atoms with Gasteiger partial charge in [-0.25, -0.2) is 4.39 Å². The average molecular weight is 367 g/mol. The number of benzene rings is 1. The normalized spacial score (nSPS) is 33.6. The summed E-state index contributed by atoms with van der Waals surface area (Å²) < 4.78 is 19.7. The summed E-state index contributed by atoms with van der Waals surface area (Å²) in [5.41, 5.74) is 0.962. The lowest BCUT2D eigenvalue weighted by molar-refractivity contribution is -0.121. The zero-order valence-electron chi connectivity index (χ0n) is 14.4. The van der Waals surface area contributed by atoms with Crippen molar-refractivity contribution in [3.8, 4) is 0 Å². The Balaban J connectivity index is 1.44. The average Bonchev–Trinajstić information content (AvgIpc) is 3.23. The molecular formula is C19H24ClFN2O2. The van der Waals surface area contributed by atoms with Gasteiger partial charge in [-0.2, -0.15) is 0 Å². The SMILES string of the molecule is CCC(=O)NC[C@H]1[C@H]2CN(Cc3ccc(F)c(Cl)c3)C[C@]23CC[C@H]1O3. The van der Waals surface area contributed by atoms with Crippen molar-refractivity contribution in [3.05, 3.63) is 34.6 Å². The minimum Gasteiger partial charge on any atom is -0.370 e. The zero-order valence-corrected chi connectivity index (χ0v) is 15.2. The first-order valence-electron chi connectivity index (χ1n) is 9.11. The van der Waals surface area contributed by atoms with Gasteiger partial charge in [0, 0.05) is 44.4 Å². The van der Waals surface area contributed by atoms with Crippen LogP contribution in [0.3, 0.4) is 0 Å². The van der Waals surface area contributed by atoms with Gasteiger partial charge in [0.05, 0.1) is 16.7 Å². The molecule has 1 N–H and O–H groups in total. The van der Waals surface area contributed by atoms with E-state index in [9.17, 15) is 9.18 Å². The van der Waals surface area contributed by atoms with Crippen molar-refractivity contribution < 1.29 is 13.9 Å². The van der Waals surface area contributed by atoms with Gasteiger partial charge in [-0.05, 0) is 30.5 Å². The molecule has 136 valence electrons. The summed E-state index contributed by atoms with van der Waals surface area (Å²) in [5, 5.41) is 3.22. The summed E-state index contributed by atoms with van der Waals surface area (Å²) in [6.07, 6.45) is 2.98. The van der Waals surface area contributed by atoms with E-state index in [0.29, 0.717) is 24.8 Å². The van der Waals surface area contributed by atoms with Crippen molar-refractivity contribution in [2.75, 3.05) is 19.6 Å². The molecule has 6 heteroatoms. The summed E-state index contributed by atoms with van der Waals surface area (Å²) in [4.78, 5) is 14.0. The fourth-order valence-electron chi connectivity index (χ4n) is 4.93. The van der Waals surface area contributed by atoms with Crippen LogP contribution in [0.4, 0.5) is 4.39 Å². The standard InChI is InChI=1S/C19H24ClFN2O2/c1-2-18(24)22-8-13-14-10-23(11-19(14)6-5-17(13)25-19)9-12-3-4-16(21)15(20)7-12/h3-4,7,13-14,17H,2,5-6,8-11H2,1H3,(H,22,24)/t13-,14+,17+,19+/m0/s1. The number of hydrogen-bond acceptors (Lipinski definition) is 3. The van der Waals surface area contributed by atoms with Crippen LogP contribution in [0.15, 0.2) is 18.2 Å². The second-order valence-corrected chi connectivity index (χ2v) is 8.01. The van der Waals surface area contributed by atoms with Crippen LogP contribution >= 0.6 is 11.6 Å². The molecule has 4 nitrogen and oxygen atoms in total. The van der Waals surface area contributed by atoms with Gasteiger partial charge >= 0.3 is 0 Å². The molecule has 2 bridgehead atoms. The molecule has 0 unspecified atom stereocenters. The Kier molecular flexibility index (Phi) is 4.50.